The van der Waals surface area contributed by atoms with Crippen LogP contribution in [0.15, 0.2) is 54.6 Å². The quantitative estimate of drug-likeness (QED) is 0.496. The normalized spacial score (nSPS) is 11.7. The van der Waals surface area contributed by atoms with Crippen molar-refractivity contribution in [2.75, 3.05) is 7.05 Å². The van der Waals surface area contributed by atoms with Crippen LogP contribution in [0.4, 0.5) is 9.18 Å². The Kier molecular flexibility index (Phi) is 8.40. The van der Waals surface area contributed by atoms with E-state index < -0.39 is 12.1 Å². The number of aryl methyl sites for hydroxylation is 1. The van der Waals surface area contributed by atoms with Crippen LogP contribution in [0.25, 0.3) is 5.69 Å². The monoisotopic (exact) mass is 465 g/mol. The van der Waals surface area contributed by atoms with Crippen LogP contribution in [0, 0.1) is 19.7 Å². The molecule has 0 aliphatic heterocycles. The summed E-state index contributed by atoms with van der Waals surface area (Å²) in [5, 5.41) is 10.2. The van der Waals surface area contributed by atoms with Crippen LogP contribution in [-0.4, -0.2) is 39.7 Å². The number of carbonyl (C=O) groups is 2. The van der Waals surface area contributed by atoms with E-state index >= 15 is 0 Å². The van der Waals surface area contributed by atoms with Crippen molar-refractivity contribution in [1.29, 1.82) is 0 Å². The lowest BCUT2D eigenvalue weighted by atomic mass is 10.1. The number of benzene rings is 2. The molecule has 1 aromatic heterocycles. The maximum Gasteiger partial charge on any atom is 0.315 e. The summed E-state index contributed by atoms with van der Waals surface area (Å²) in [5.41, 5.74) is 4.55. The van der Waals surface area contributed by atoms with Crippen LogP contribution < -0.4 is 10.6 Å². The molecule has 2 N–H and O–H groups in total. The third-order valence-electron chi connectivity index (χ3n) is 5.76. The highest BCUT2D eigenvalue weighted by Gasteiger charge is 2.25. The average Bonchev–Trinajstić information content (AvgIpc) is 3.11. The highest BCUT2D eigenvalue weighted by molar-refractivity contribution is 5.87. The topological polar surface area (TPSA) is 79.3 Å². The van der Waals surface area contributed by atoms with Crippen molar-refractivity contribution >= 4 is 11.9 Å². The second-order valence-electron chi connectivity index (χ2n) is 8.39. The van der Waals surface area contributed by atoms with E-state index in [0.29, 0.717) is 13.0 Å². The molecule has 8 heteroatoms. The summed E-state index contributed by atoms with van der Waals surface area (Å²) in [6.45, 7) is 6.53. The minimum Gasteiger partial charge on any atom is -0.340 e. The number of amides is 3. The number of urea groups is 1. The SMILES string of the molecule is CCCC(NC(=O)NCc1ccc(F)cc1)C(=O)N(C)Cc1c(C)nn(-c2ccccc2)c1C. The number of nitrogens with zero attached hydrogens (tertiary/aromatic N) is 3. The molecule has 1 heterocycles. The Morgan fingerprint density at radius 1 is 1.09 bits per heavy atom. The molecule has 1 atom stereocenters. The van der Waals surface area contributed by atoms with E-state index in [1.807, 2.05) is 55.8 Å². The van der Waals surface area contributed by atoms with Crippen molar-refractivity contribution in [3.05, 3.63) is 82.9 Å². The van der Waals surface area contributed by atoms with E-state index in [1.165, 1.54) is 12.1 Å². The summed E-state index contributed by atoms with van der Waals surface area (Å²) in [5.74, 6) is -0.491. The molecule has 3 rings (SSSR count). The molecule has 2 aromatic carbocycles. The van der Waals surface area contributed by atoms with Crippen molar-refractivity contribution < 1.29 is 14.0 Å². The number of likely N-dealkylation sites (N-methyl/N-ethyl adjacent to an activating group) is 1. The van der Waals surface area contributed by atoms with Crippen LogP contribution in [0.5, 0.6) is 0 Å². The van der Waals surface area contributed by atoms with Gasteiger partial charge in [-0.2, -0.15) is 5.10 Å². The van der Waals surface area contributed by atoms with Crippen molar-refractivity contribution in [3.8, 4) is 5.69 Å². The first-order chi connectivity index (χ1) is 16.3. The van der Waals surface area contributed by atoms with E-state index in [4.69, 9.17) is 0 Å². The lowest BCUT2D eigenvalue weighted by molar-refractivity contribution is -0.132. The van der Waals surface area contributed by atoms with Gasteiger partial charge in [0.25, 0.3) is 0 Å². The molecule has 0 bridgehead atoms. The molecule has 34 heavy (non-hydrogen) atoms. The first-order valence-electron chi connectivity index (χ1n) is 11.4. The maximum atomic E-state index is 13.2. The summed E-state index contributed by atoms with van der Waals surface area (Å²) in [6.07, 6.45) is 1.26. The molecule has 0 saturated carbocycles. The zero-order valence-corrected chi connectivity index (χ0v) is 20.1. The highest BCUT2D eigenvalue weighted by atomic mass is 19.1. The predicted octanol–water partition coefficient (Wildman–Crippen LogP) is 4.25. The number of rotatable bonds is 9. The molecule has 7 nitrogen and oxygen atoms in total. The van der Waals surface area contributed by atoms with Crippen LogP contribution in [0.1, 0.15) is 42.3 Å². The van der Waals surface area contributed by atoms with Gasteiger partial charge in [-0.1, -0.05) is 43.7 Å². The Morgan fingerprint density at radius 2 is 1.76 bits per heavy atom. The molecule has 3 aromatic rings. The molecule has 0 aliphatic rings. The van der Waals surface area contributed by atoms with Crippen LogP contribution >= 0.6 is 0 Å². The molecule has 0 radical (unpaired) electrons. The zero-order chi connectivity index (χ0) is 24.7. The van der Waals surface area contributed by atoms with E-state index in [-0.39, 0.29) is 18.3 Å². The summed E-state index contributed by atoms with van der Waals surface area (Å²) in [7, 11) is 1.74. The highest BCUT2D eigenvalue weighted by Crippen LogP contribution is 2.19. The molecule has 0 aliphatic carbocycles. The smallest absolute Gasteiger partial charge is 0.315 e. The average molecular weight is 466 g/mol. The minimum atomic E-state index is -0.645. The summed E-state index contributed by atoms with van der Waals surface area (Å²) < 4.78 is 14.9. The summed E-state index contributed by atoms with van der Waals surface area (Å²) >= 11 is 0. The first-order valence-corrected chi connectivity index (χ1v) is 11.4. The first kappa shape index (κ1) is 25.0. The van der Waals surface area contributed by atoms with E-state index in [9.17, 15) is 14.0 Å². The molecule has 3 amide bonds. The van der Waals surface area contributed by atoms with Crippen molar-refractivity contribution in [2.24, 2.45) is 0 Å². The lowest BCUT2D eigenvalue weighted by Crippen LogP contribution is -2.50. The maximum absolute atomic E-state index is 13.2. The van der Waals surface area contributed by atoms with Crippen molar-refractivity contribution in [2.45, 2.75) is 52.7 Å². The number of carbonyl (C=O) groups excluding carboxylic acids is 2. The summed E-state index contributed by atoms with van der Waals surface area (Å²) in [4.78, 5) is 27.3. The Bertz CT molecular complexity index is 1110. The standard InChI is InChI=1S/C26H32FN5O2/c1-5-9-24(29-26(34)28-16-20-12-14-21(27)15-13-20)25(33)31(4)17-23-18(2)30-32(19(23)3)22-10-7-6-8-11-22/h6-8,10-15,24H,5,9,16-17H2,1-4H3,(H2,28,29,34). The van der Waals surface area contributed by atoms with Crippen molar-refractivity contribution in [3.63, 3.8) is 0 Å². The molecule has 1 unspecified atom stereocenters. The van der Waals surface area contributed by atoms with Gasteiger partial charge in [0.1, 0.15) is 11.9 Å². The third-order valence-corrected chi connectivity index (χ3v) is 5.76. The third kappa shape index (κ3) is 6.21. The van der Waals surface area contributed by atoms with Gasteiger partial charge < -0.3 is 15.5 Å². The Balaban J connectivity index is 1.64. The Hall–Kier alpha value is -3.68. The Labute approximate surface area is 200 Å². The molecular weight excluding hydrogens is 433 g/mol. The number of hydrogen-bond donors (Lipinski definition) is 2. The van der Waals surface area contributed by atoms with Gasteiger partial charge in [-0.3, -0.25) is 4.79 Å². The molecule has 0 spiro atoms. The fourth-order valence-electron chi connectivity index (χ4n) is 3.85. The van der Waals surface area contributed by atoms with Crippen LogP contribution in [0.3, 0.4) is 0 Å². The second kappa shape index (κ2) is 11.4. The number of nitrogens with one attached hydrogen (secondary N) is 2. The van der Waals surface area contributed by atoms with Gasteiger partial charge in [-0.05, 0) is 50.1 Å². The molecule has 180 valence electrons. The minimum absolute atomic E-state index is 0.162. The van der Waals surface area contributed by atoms with Gasteiger partial charge in [-0.25, -0.2) is 13.9 Å². The Morgan fingerprint density at radius 3 is 2.41 bits per heavy atom. The molecular formula is C26H32FN5O2. The fourth-order valence-corrected chi connectivity index (χ4v) is 3.85. The van der Waals surface area contributed by atoms with Crippen LogP contribution in [0.2, 0.25) is 0 Å². The van der Waals surface area contributed by atoms with Gasteiger partial charge >= 0.3 is 6.03 Å². The van der Waals surface area contributed by atoms with E-state index in [2.05, 4.69) is 15.7 Å². The van der Waals surface area contributed by atoms with E-state index in [0.717, 1.165) is 34.6 Å². The number of para-hydroxylation sites is 1. The largest absolute Gasteiger partial charge is 0.340 e. The van der Waals surface area contributed by atoms with Gasteiger partial charge in [0.15, 0.2) is 0 Å². The summed E-state index contributed by atoms with van der Waals surface area (Å²) in [6, 6.07) is 14.7. The van der Waals surface area contributed by atoms with Crippen LogP contribution in [-0.2, 0) is 17.9 Å². The number of hydrogen-bond acceptors (Lipinski definition) is 3. The fraction of sp³-hybridized carbons (Fsp3) is 0.346. The molecule has 0 fully saturated rings. The second-order valence-corrected chi connectivity index (χ2v) is 8.39. The van der Waals surface area contributed by atoms with E-state index in [1.54, 1.807) is 24.1 Å². The van der Waals surface area contributed by atoms with Gasteiger partial charge in [0.2, 0.25) is 5.91 Å². The van der Waals surface area contributed by atoms with Gasteiger partial charge in [0, 0.05) is 31.4 Å². The van der Waals surface area contributed by atoms with Gasteiger partial charge in [0.05, 0.1) is 11.4 Å². The molecule has 0 saturated heterocycles. The number of halogens is 1. The zero-order valence-electron chi connectivity index (χ0n) is 20.1. The number of aromatic nitrogens is 2. The van der Waals surface area contributed by atoms with Gasteiger partial charge in [-0.15, -0.1) is 0 Å². The lowest BCUT2D eigenvalue weighted by Gasteiger charge is -2.25. The van der Waals surface area contributed by atoms with Crippen molar-refractivity contribution in [1.82, 2.24) is 25.3 Å². The predicted molar refractivity (Wildman–Crippen MR) is 130 cm³/mol.